The summed E-state index contributed by atoms with van der Waals surface area (Å²) in [7, 11) is 0. The molecule has 0 N–H and O–H groups in total. The van der Waals surface area contributed by atoms with Crippen LogP contribution in [0.2, 0.25) is 0 Å². The van der Waals surface area contributed by atoms with Gasteiger partial charge < -0.3 is 0 Å². The summed E-state index contributed by atoms with van der Waals surface area (Å²) in [5.41, 5.74) is 1.80. The third-order valence-corrected chi connectivity index (χ3v) is 13.2. The lowest BCUT2D eigenvalue weighted by molar-refractivity contribution is -0.138. The van der Waals surface area contributed by atoms with Crippen LogP contribution in [0.3, 0.4) is 0 Å². The van der Waals surface area contributed by atoms with Crippen molar-refractivity contribution in [3.05, 3.63) is 0 Å². The van der Waals surface area contributed by atoms with E-state index in [9.17, 15) is 9.59 Å². The molecule has 2 spiro atoms. The molecular weight excluding hydrogens is 416 g/mol. The van der Waals surface area contributed by atoms with Crippen molar-refractivity contribution in [3.8, 4) is 0 Å². The van der Waals surface area contributed by atoms with Crippen molar-refractivity contribution in [3.63, 3.8) is 0 Å². The number of carbonyl (C=O) groups is 2. The van der Waals surface area contributed by atoms with Crippen LogP contribution in [0, 0.1) is 44.3 Å². The van der Waals surface area contributed by atoms with Gasteiger partial charge in [-0.3, -0.25) is 9.59 Å². The highest BCUT2D eigenvalue weighted by atomic mass is 16.1. The molecule has 6 fully saturated rings. The van der Waals surface area contributed by atoms with E-state index in [0.717, 1.165) is 12.8 Å². The summed E-state index contributed by atoms with van der Waals surface area (Å²) in [6.45, 7) is 14.2. The van der Waals surface area contributed by atoms with Crippen LogP contribution in [-0.4, -0.2) is 11.6 Å². The van der Waals surface area contributed by atoms with Gasteiger partial charge in [0.2, 0.25) is 0 Å². The van der Waals surface area contributed by atoms with E-state index in [0.29, 0.717) is 45.1 Å². The summed E-state index contributed by atoms with van der Waals surface area (Å²) >= 11 is 0. The molecule has 6 aliphatic rings. The summed E-state index contributed by atoms with van der Waals surface area (Å²) < 4.78 is 0. The molecule has 0 saturated heterocycles. The van der Waals surface area contributed by atoms with Gasteiger partial charge in [-0.2, -0.15) is 0 Å². The first-order valence-electron chi connectivity index (χ1n) is 15.0. The molecule has 0 heterocycles. The predicted molar refractivity (Wildman–Crippen MR) is 140 cm³/mol. The Morgan fingerprint density at radius 3 is 1.32 bits per heavy atom. The molecule has 6 rings (SSSR count). The largest absolute Gasteiger partial charge is 0.299 e. The lowest BCUT2D eigenvalue weighted by Crippen LogP contribution is -2.46. The summed E-state index contributed by atoms with van der Waals surface area (Å²) in [5, 5.41) is 0. The fourth-order valence-corrected chi connectivity index (χ4v) is 11.3. The van der Waals surface area contributed by atoms with Gasteiger partial charge in [-0.1, -0.05) is 67.2 Å². The molecule has 6 aliphatic carbocycles. The predicted octanol–water partition coefficient (Wildman–Crippen LogP) is 8.70. The molecule has 4 bridgehead atoms. The monoisotopic (exact) mass is 468 g/mol. The van der Waals surface area contributed by atoms with Gasteiger partial charge in [0, 0.05) is 22.7 Å². The molecule has 0 aromatic rings. The maximum atomic E-state index is 12.8. The van der Waals surface area contributed by atoms with E-state index in [1.54, 1.807) is 0 Å². The van der Waals surface area contributed by atoms with Crippen molar-refractivity contribution < 1.29 is 9.59 Å². The number of rotatable bonds is 4. The van der Waals surface area contributed by atoms with Gasteiger partial charge in [-0.05, 0) is 98.7 Å². The van der Waals surface area contributed by atoms with E-state index in [1.165, 1.54) is 89.9 Å². The molecule has 192 valence electrons. The van der Waals surface area contributed by atoms with E-state index in [1.807, 2.05) is 0 Å². The lowest BCUT2D eigenvalue weighted by Gasteiger charge is -2.51. The van der Waals surface area contributed by atoms with Gasteiger partial charge in [0.05, 0.1) is 0 Å². The number of Topliss-reactive ketones (excluding diaryl/α,β-unsaturated/α-hetero) is 2. The van der Waals surface area contributed by atoms with Crippen molar-refractivity contribution in [1.29, 1.82) is 0 Å². The molecule has 0 aromatic heterocycles. The topological polar surface area (TPSA) is 34.1 Å². The second kappa shape index (κ2) is 7.92. The molecule has 6 saturated carbocycles. The van der Waals surface area contributed by atoms with Crippen LogP contribution in [0.15, 0.2) is 0 Å². The SMILES string of the molecule is CCC[C@@]12CC[C@@]3(C1)[C@H](CCCC3(C)C)C2=O.CCC[C@]12CC[C@]3(C1)[C@@H](CCCC3(C)C)C2=O. The van der Waals surface area contributed by atoms with E-state index < -0.39 is 0 Å². The maximum absolute atomic E-state index is 12.8. The smallest absolute Gasteiger partial charge is 0.142 e. The minimum Gasteiger partial charge on any atom is -0.299 e. The van der Waals surface area contributed by atoms with Crippen LogP contribution in [0.1, 0.15) is 144 Å². The minimum atomic E-state index is 0.112. The molecule has 0 radical (unpaired) electrons. The fourth-order valence-electron chi connectivity index (χ4n) is 11.3. The zero-order valence-electron chi connectivity index (χ0n) is 23.3. The Morgan fingerprint density at radius 1 is 0.618 bits per heavy atom. The molecule has 2 nitrogen and oxygen atoms in total. The molecule has 0 aliphatic heterocycles. The van der Waals surface area contributed by atoms with Crippen molar-refractivity contribution in [2.75, 3.05) is 0 Å². The Hall–Kier alpha value is -0.660. The maximum Gasteiger partial charge on any atom is 0.142 e. The summed E-state index contributed by atoms with van der Waals surface area (Å²) in [4.78, 5) is 25.6. The van der Waals surface area contributed by atoms with Crippen LogP contribution in [-0.2, 0) is 9.59 Å². The van der Waals surface area contributed by atoms with E-state index >= 15 is 0 Å². The average Bonchev–Trinajstić information content (AvgIpc) is 3.47. The average molecular weight is 469 g/mol. The van der Waals surface area contributed by atoms with E-state index in [-0.39, 0.29) is 10.8 Å². The third-order valence-electron chi connectivity index (χ3n) is 13.2. The van der Waals surface area contributed by atoms with E-state index in [4.69, 9.17) is 0 Å². The molecule has 0 unspecified atom stereocenters. The first kappa shape index (κ1) is 25.0. The third kappa shape index (κ3) is 3.04. The van der Waals surface area contributed by atoms with Crippen molar-refractivity contribution in [2.24, 2.45) is 44.3 Å². The highest BCUT2D eigenvalue weighted by molar-refractivity contribution is 5.92. The molecule has 0 amide bonds. The van der Waals surface area contributed by atoms with Gasteiger partial charge in [0.25, 0.3) is 0 Å². The zero-order valence-corrected chi connectivity index (χ0v) is 23.3. The number of fused-ring (bicyclic) bond motifs is 2. The van der Waals surface area contributed by atoms with Crippen molar-refractivity contribution in [2.45, 2.75) is 144 Å². The Bertz CT molecular complexity index is 783. The number of hydrogen-bond donors (Lipinski definition) is 0. The Kier molecular flexibility index (Phi) is 5.82. The van der Waals surface area contributed by atoms with Gasteiger partial charge in [0.1, 0.15) is 11.6 Å². The normalized spacial score (nSPS) is 47.2. The van der Waals surface area contributed by atoms with Crippen LogP contribution in [0.5, 0.6) is 0 Å². The zero-order chi connectivity index (χ0) is 24.6. The Labute approximate surface area is 209 Å². The second-order valence-electron chi connectivity index (χ2n) is 15.1. The van der Waals surface area contributed by atoms with Gasteiger partial charge in [0.15, 0.2) is 0 Å². The molecule has 0 aromatic carbocycles. The standard InChI is InChI=1S/2C16H26O/c2*1-4-7-15-9-10-16(11-15)12(13(15)17)6-5-8-14(16,2)3/h2*12H,4-11H2,1-3H3/t2*12-,15-,16-/m10/s1. The summed E-state index contributed by atoms with van der Waals surface area (Å²) in [6, 6.07) is 0. The van der Waals surface area contributed by atoms with Crippen LogP contribution in [0.4, 0.5) is 0 Å². The second-order valence-corrected chi connectivity index (χ2v) is 15.1. The van der Waals surface area contributed by atoms with Crippen molar-refractivity contribution in [1.82, 2.24) is 0 Å². The van der Waals surface area contributed by atoms with Gasteiger partial charge in [-0.25, -0.2) is 0 Å². The summed E-state index contributed by atoms with van der Waals surface area (Å²) in [5.74, 6) is 2.18. The highest BCUT2D eigenvalue weighted by Gasteiger charge is 2.70. The Morgan fingerprint density at radius 2 is 1.00 bits per heavy atom. The number of hydrogen-bond acceptors (Lipinski definition) is 2. The van der Waals surface area contributed by atoms with Crippen LogP contribution in [0.25, 0.3) is 0 Å². The first-order chi connectivity index (χ1) is 15.9. The van der Waals surface area contributed by atoms with Crippen molar-refractivity contribution >= 4 is 11.6 Å². The number of carbonyl (C=O) groups excluding carboxylic acids is 2. The fraction of sp³-hybridized carbons (Fsp3) is 0.938. The molecule has 2 heteroatoms. The first-order valence-corrected chi connectivity index (χ1v) is 15.0. The summed E-state index contributed by atoms with van der Waals surface area (Å²) in [6.07, 6.45) is 19.7. The van der Waals surface area contributed by atoms with E-state index in [2.05, 4.69) is 41.5 Å². The molecule has 6 atom stereocenters. The van der Waals surface area contributed by atoms with Gasteiger partial charge >= 0.3 is 0 Å². The van der Waals surface area contributed by atoms with Crippen LogP contribution < -0.4 is 0 Å². The molecule has 34 heavy (non-hydrogen) atoms. The Balaban J connectivity index is 0.000000142. The van der Waals surface area contributed by atoms with Gasteiger partial charge in [-0.15, -0.1) is 0 Å². The quantitative estimate of drug-likeness (QED) is 0.413. The lowest BCUT2D eigenvalue weighted by atomic mass is 9.53. The van der Waals surface area contributed by atoms with Crippen LogP contribution >= 0.6 is 0 Å². The number of ketones is 2. The molecular formula is C32H52O2. The minimum absolute atomic E-state index is 0.112. The highest BCUT2D eigenvalue weighted by Crippen LogP contribution is 2.74.